The first kappa shape index (κ1) is 39.3. The fraction of sp³-hybridized carbons (Fsp3) is 0.231. The molecule has 2 aliphatic rings. The fourth-order valence-corrected chi connectivity index (χ4v) is 43.2. The van der Waals surface area contributed by atoms with Crippen LogP contribution in [0.5, 0.6) is 0 Å². The molecule has 0 heterocycles. The molecule has 56 heavy (non-hydrogen) atoms. The van der Waals surface area contributed by atoms with Crippen molar-refractivity contribution in [3.63, 3.8) is 0 Å². The molecular weight excluding hydrogens is 815 g/mol. The van der Waals surface area contributed by atoms with Crippen LogP contribution < -0.4 is 0 Å². The normalized spacial score (nSPS) is 17.1. The van der Waals surface area contributed by atoms with Crippen LogP contribution in [0.1, 0.15) is 94.0 Å². The SMILES string of the molecule is CC1=Cc2c(ccc(C(C)C)c2-c2ccccc2-c2ccccc2)[CH]1[Zr]([Cl])([Cl])([CH]1C(C)=Cc2c1ccc(C(C)C)c2-c1ccccc1-c1ccccc1)[SiH](C)C. The van der Waals surface area contributed by atoms with Crippen molar-refractivity contribution in [1.29, 1.82) is 0 Å². The maximum atomic E-state index is 8.80. The third-order valence-corrected chi connectivity index (χ3v) is 65.2. The van der Waals surface area contributed by atoms with Crippen molar-refractivity contribution in [3.8, 4) is 44.5 Å². The van der Waals surface area contributed by atoms with Gasteiger partial charge in [0, 0.05) is 0 Å². The number of halogens is 2. The van der Waals surface area contributed by atoms with E-state index in [1.807, 2.05) is 0 Å². The van der Waals surface area contributed by atoms with Gasteiger partial charge in [0.25, 0.3) is 0 Å². The van der Waals surface area contributed by atoms with Crippen molar-refractivity contribution < 1.29 is 15.6 Å². The van der Waals surface area contributed by atoms with Gasteiger partial charge in [-0.1, -0.05) is 0 Å². The topological polar surface area (TPSA) is 0 Å². The van der Waals surface area contributed by atoms with E-state index in [9.17, 15) is 0 Å². The summed E-state index contributed by atoms with van der Waals surface area (Å²) in [6.45, 7) is 18.8. The molecule has 2 atom stereocenters. The summed E-state index contributed by atoms with van der Waals surface area (Å²) in [5.74, 6) is -1.02. The maximum absolute atomic E-state index is 8.80. The molecule has 0 N–H and O–H groups in total. The van der Waals surface area contributed by atoms with Crippen LogP contribution in [0, 0.1) is 0 Å². The summed E-state index contributed by atoms with van der Waals surface area (Å²) in [5.41, 5.74) is 20.8. The van der Waals surface area contributed by atoms with Crippen LogP contribution in [0.25, 0.3) is 56.7 Å². The van der Waals surface area contributed by atoms with Crippen LogP contribution in [0.15, 0.2) is 145 Å². The number of rotatable bonds is 9. The van der Waals surface area contributed by atoms with Crippen molar-refractivity contribution in [3.05, 3.63) is 178 Å². The van der Waals surface area contributed by atoms with Gasteiger partial charge in [0.1, 0.15) is 0 Å². The Bertz CT molecular complexity index is 2360. The average molecular weight is 868 g/mol. The van der Waals surface area contributed by atoms with Crippen LogP contribution in [0.4, 0.5) is 0 Å². The van der Waals surface area contributed by atoms with Crippen molar-refractivity contribution in [2.45, 2.75) is 73.7 Å². The van der Waals surface area contributed by atoms with Crippen LogP contribution in [0.2, 0.25) is 13.1 Å². The Labute approximate surface area is 344 Å². The van der Waals surface area contributed by atoms with E-state index in [-0.39, 0.29) is 7.25 Å². The summed E-state index contributed by atoms with van der Waals surface area (Å²) >= 11 is -4.96. The Hall–Kier alpha value is -3.52. The fourth-order valence-electron chi connectivity index (χ4n) is 10.2. The van der Waals surface area contributed by atoms with Gasteiger partial charge in [0.15, 0.2) is 0 Å². The molecule has 0 radical (unpaired) electrons. The Morgan fingerprint density at radius 3 is 1.14 bits per heavy atom. The van der Waals surface area contributed by atoms with Crippen molar-refractivity contribution in [1.82, 2.24) is 0 Å². The van der Waals surface area contributed by atoms with Crippen LogP contribution in [0.3, 0.4) is 0 Å². The predicted octanol–water partition coefficient (Wildman–Crippen LogP) is 16.2. The Morgan fingerprint density at radius 2 is 0.804 bits per heavy atom. The van der Waals surface area contributed by atoms with E-state index < -0.39 is 21.5 Å². The van der Waals surface area contributed by atoms with Gasteiger partial charge in [0.2, 0.25) is 0 Å². The molecule has 2 aliphatic carbocycles. The van der Waals surface area contributed by atoms with Gasteiger partial charge in [-0.25, -0.2) is 0 Å². The van der Waals surface area contributed by atoms with Crippen LogP contribution in [-0.4, -0.2) is 5.92 Å². The van der Waals surface area contributed by atoms with Crippen LogP contribution >= 0.6 is 17.0 Å². The van der Waals surface area contributed by atoms with E-state index in [0.29, 0.717) is 11.8 Å². The predicted molar refractivity (Wildman–Crippen MR) is 246 cm³/mol. The first-order chi connectivity index (χ1) is 26.8. The van der Waals surface area contributed by atoms with Gasteiger partial charge in [-0.15, -0.1) is 0 Å². The second kappa shape index (κ2) is 15.0. The molecular formula is C52H53Cl2SiZr. The Kier molecular flexibility index (Phi) is 10.5. The molecule has 283 valence electrons. The minimum absolute atomic E-state index is 0.0226. The van der Waals surface area contributed by atoms with Gasteiger partial charge in [-0.05, 0) is 0 Å². The average Bonchev–Trinajstić information content (AvgIpc) is 3.74. The minimum atomic E-state index is -4.96. The Balaban J connectivity index is 1.35. The first-order valence-electron chi connectivity index (χ1n) is 20.4. The summed E-state index contributed by atoms with van der Waals surface area (Å²) in [7, 11) is 17.6. The van der Waals surface area contributed by atoms with Crippen molar-refractivity contribution >= 4 is 35.1 Å². The van der Waals surface area contributed by atoms with E-state index in [2.05, 4.69) is 200 Å². The number of hydrogen-bond acceptors (Lipinski definition) is 0. The number of fused-ring (bicyclic) bond motifs is 2. The van der Waals surface area contributed by atoms with Gasteiger partial charge < -0.3 is 0 Å². The molecule has 0 spiro atoms. The summed E-state index contributed by atoms with van der Waals surface area (Å²) < 4.78 is 0.0452. The molecule has 0 fully saturated rings. The zero-order valence-corrected chi connectivity index (χ0v) is 39.1. The van der Waals surface area contributed by atoms with E-state index >= 15 is 0 Å². The zero-order chi connectivity index (χ0) is 39.5. The molecule has 8 rings (SSSR count). The van der Waals surface area contributed by atoms with E-state index in [4.69, 9.17) is 17.0 Å². The summed E-state index contributed by atoms with van der Waals surface area (Å²) in [4.78, 5) is 0. The molecule has 0 amide bonds. The monoisotopic (exact) mass is 865 g/mol. The first-order valence-corrected chi connectivity index (χ1v) is 36.7. The summed E-state index contributed by atoms with van der Waals surface area (Å²) in [6.07, 6.45) is 4.94. The number of benzene rings is 6. The molecule has 6 aromatic carbocycles. The van der Waals surface area contributed by atoms with E-state index in [0.717, 1.165) is 0 Å². The third-order valence-electron chi connectivity index (χ3n) is 12.9. The number of hydrogen-bond donors (Lipinski definition) is 0. The van der Waals surface area contributed by atoms with Crippen molar-refractivity contribution in [2.75, 3.05) is 0 Å². The van der Waals surface area contributed by atoms with Gasteiger partial charge in [-0.3, -0.25) is 0 Å². The second-order valence-electron chi connectivity index (χ2n) is 17.2. The van der Waals surface area contributed by atoms with Gasteiger partial charge in [0.05, 0.1) is 0 Å². The molecule has 0 saturated heterocycles. The van der Waals surface area contributed by atoms with Crippen molar-refractivity contribution in [2.24, 2.45) is 0 Å². The molecule has 0 nitrogen and oxygen atoms in total. The van der Waals surface area contributed by atoms with Gasteiger partial charge >= 0.3 is 347 Å². The quantitative estimate of drug-likeness (QED) is 0.127. The summed E-state index contributed by atoms with van der Waals surface area (Å²) in [5, 5.41) is 0. The molecule has 6 aromatic rings. The zero-order valence-electron chi connectivity index (χ0n) is 34.0. The second-order valence-corrected chi connectivity index (χ2v) is 59.7. The molecule has 0 bridgehead atoms. The van der Waals surface area contributed by atoms with Gasteiger partial charge in [-0.2, -0.15) is 0 Å². The molecule has 2 unspecified atom stereocenters. The third kappa shape index (κ3) is 6.26. The van der Waals surface area contributed by atoms with E-state index in [1.54, 1.807) is 0 Å². The molecule has 4 heteroatoms. The van der Waals surface area contributed by atoms with Crippen LogP contribution in [-0.2, 0) is 15.6 Å². The molecule has 0 aromatic heterocycles. The standard InChI is InChI=1S/2C25H23.C2H7Si.2ClH.Zr/c2*1-17(2)21-14-13-20-15-18(3)16-24(20)25(21)23-12-8-7-11-22(23)19-9-5-4-6-10-19;1-3-2;;;/h2*4-17H,1-3H3;3H,1-2H3;2*1H;/q;;;;;+2/p-2. The molecule has 0 aliphatic heterocycles. The molecule has 0 saturated carbocycles. The number of allylic oxidation sites excluding steroid dienone is 2. The summed E-state index contributed by atoms with van der Waals surface area (Å²) in [6, 6.07) is 49.1. The Morgan fingerprint density at radius 1 is 0.464 bits per heavy atom. The van der Waals surface area contributed by atoms with E-state index in [1.165, 1.54) is 89.0 Å².